The Bertz CT molecular complexity index is 509. The molecule has 0 heterocycles. The first-order valence-corrected chi connectivity index (χ1v) is 15.1. The molecule has 0 saturated heterocycles. The Hall–Kier alpha value is 3.57. The van der Waals surface area contributed by atoms with E-state index in [9.17, 15) is 8.42 Å². The van der Waals surface area contributed by atoms with Crippen LogP contribution in [-0.4, -0.2) is 113 Å². The van der Waals surface area contributed by atoms with E-state index in [4.69, 9.17) is 69.6 Å². The summed E-state index contributed by atoms with van der Waals surface area (Å²) in [6.45, 7) is 4.19. The van der Waals surface area contributed by atoms with Crippen molar-refractivity contribution in [3.05, 3.63) is 0 Å². The SMILES string of the molecule is CCCCCCCCCCCCOS(=O)(=O)OOCC.Cl[C@H]1[C@H](Cl)[C@@H](Cl)[C@@H](Cl)[C@H](Cl)[C@H]1Cl.[NaH].[NaH]. The third-order valence-electron chi connectivity index (χ3n) is 4.80. The molecule has 1 saturated carbocycles. The van der Waals surface area contributed by atoms with E-state index in [1.54, 1.807) is 6.92 Å². The molecular weight excluding hydrogens is 611 g/mol. The van der Waals surface area contributed by atoms with Crippen molar-refractivity contribution in [2.24, 2.45) is 0 Å². The van der Waals surface area contributed by atoms with Crippen molar-refractivity contribution in [2.75, 3.05) is 13.2 Å². The van der Waals surface area contributed by atoms with E-state index < -0.39 is 42.7 Å². The third-order valence-corrected chi connectivity index (χ3v) is 9.55. The molecule has 0 spiro atoms. The van der Waals surface area contributed by atoms with Crippen molar-refractivity contribution >= 4 is 139 Å². The van der Waals surface area contributed by atoms with Crippen molar-refractivity contribution in [1.29, 1.82) is 0 Å². The van der Waals surface area contributed by atoms with Crippen molar-refractivity contribution < 1.29 is 21.8 Å². The minimum absolute atomic E-state index is 0. The van der Waals surface area contributed by atoms with Gasteiger partial charge >= 0.3 is 69.5 Å². The molecule has 0 aromatic carbocycles. The fourth-order valence-corrected chi connectivity index (χ4v) is 5.83. The Balaban J connectivity index is -0.000000590. The molecule has 0 aromatic rings. The van der Waals surface area contributed by atoms with Gasteiger partial charge in [-0.1, -0.05) is 69.0 Å². The van der Waals surface area contributed by atoms with Gasteiger partial charge in [0.05, 0.1) is 45.5 Å². The molecule has 1 fully saturated rings. The van der Waals surface area contributed by atoms with Gasteiger partial charge in [0, 0.05) is 0 Å². The van der Waals surface area contributed by atoms with Crippen LogP contribution in [0.2, 0.25) is 0 Å². The Morgan fingerprint density at radius 2 is 0.912 bits per heavy atom. The van der Waals surface area contributed by atoms with Crippen LogP contribution in [0.5, 0.6) is 0 Å². The van der Waals surface area contributed by atoms with Gasteiger partial charge in [-0.2, -0.15) is 8.42 Å². The summed E-state index contributed by atoms with van der Waals surface area (Å²) in [5, 5.41) is -2.62. The number of rotatable bonds is 15. The van der Waals surface area contributed by atoms with Gasteiger partial charge in [-0.25, -0.2) is 9.07 Å². The van der Waals surface area contributed by atoms with Gasteiger partial charge in [-0.05, 0) is 13.3 Å². The minimum atomic E-state index is -3.98. The number of hydrogen-bond acceptors (Lipinski definition) is 5. The standard InChI is InChI=1S/C14H30O5S.C6H6Cl6.2Na.2H/c1-3-5-6-7-8-9-10-11-12-13-14-18-20(15,16)19-17-4-2;7-1-2(8)4(10)6(12)5(11)3(1)9;;;;/h3-14H2,1-2H3;1-6H;;;;/t;1-,2-,3-,4+,5+,6+;;;;. The predicted molar refractivity (Wildman–Crippen MR) is 152 cm³/mol. The topological polar surface area (TPSA) is 61.8 Å². The monoisotopic (exact) mass is 646 g/mol. The molecule has 198 valence electrons. The molecule has 0 unspecified atom stereocenters. The van der Waals surface area contributed by atoms with Crippen molar-refractivity contribution in [3.8, 4) is 0 Å². The summed E-state index contributed by atoms with van der Waals surface area (Å²) in [5.74, 6) is 0. The zero-order valence-corrected chi connectivity index (χ0v) is 24.0. The maximum atomic E-state index is 11.1. The first kappa shape index (κ1) is 42.0. The Morgan fingerprint density at radius 1 is 0.588 bits per heavy atom. The van der Waals surface area contributed by atoms with Crippen LogP contribution in [0, 0.1) is 0 Å². The van der Waals surface area contributed by atoms with Crippen LogP contribution in [0.3, 0.4) is 0 Å². The second kappa shape index (κ2) is 25.5. The van der Waals surface area contributed by atoms with Gasteiger partial charge in [0.25, 0.3) is 0 Å². The van der Waals surface area contributed by atoms with Gasteiger partial charge in [0.2, 0.25) is 0 Å². The van der Waals surface area contributed by atoms with Gasteiger partial charge in [-0.3, -0.25) is 0 Å². The molecule has 0 bridgehead atoms. The van der Waals surface area contributed by atoms with Crippen LogP contribution in [-0.2, 0) is 23.8 Å². The van der Waals surface area contributed by atoms with E-state index >= 15 is 0 Å². The third kappa shape index (κ3) is 19.6. The summed E-state index contributed by atoms with van der Waals surface area (Å²) < 4.78 is 30.9. The quantitative estimate of drug-likeness (QED) is 0.0669. The fourth-order valence-electron chi connectivity index (χ4n) is 2.93. The fraction of sp³-hybridized carbons (Fsp3) is 1.00. The zero-order chi connectivity index (χ0) is 24.6. The van der Waals surface area contributed by atoms with Gasteiger partial charge < -0.3 is 0 Å². The number of alkyl halides is 6. The van der Waals surface area contributed by atoms with Crippen LogP contribution in [0.1, 0.15) is 78.1 Å². The molecule has 34 heavy (non-hydrogen) atoms. The molecule has 5 nitrogen and oxygen atoms in total. The first-order valence-electron chi connectivity index (χ1n) is 11.1. The van der Waals surface area contributed by atoms with Crippen LogP contribution in [0.25, 0.3) is 0 Å². The van der Waals surface area contributed by atoms with Crippen molar-refractivity contribution in [3.63, 3.8) is 0 Å². The molecule has 1 aliphatic rings. The molecule has 0 aliphatic heterocycles. The Morgan fingerprint density at radius 3 is 1.24 bits per heavy atom. The zero-order valence-electron chi connectivity index (χ0n) is 18.7. The summed E-state index contributed by atoms with van der Waals surface area (Å²) in [6.07, 6.45) is 12.0. The van der Waals surface area contributed by atoms with Crippen LogP contribution in [0.15, 0.2) is 0 Å². The van der Waals surface area contributed by atoms with E-state index in [1.807, 2.05) is 0 Å². The summed E-state index contributed by atoms with van der Waals surface area (Å²) in [5.41, 5.74) is 0. The normalized spacial score (nSPS) is 26.6. The molecular formula is C20H38Cl6Na2O5S. The maximum absolute atomic E-state index is 11.1. The summed E-state index contributed by atoms with van der Waals surface area (Å²) in [7, 11) is -3.98. The molecule has 0 atom stereocenters. The van der Waals surface area contributed by atoms with Crippen molar-refractivity contribution in [2.45, 2.75) is 110 Å². The summed E-state index contributed by atoms with van der Waals surface area (Å²) in [4.78, 5) is 4.34. The van der Waals surface area contributed by atoms with Crippen LogP contribution < -0.4 is 0 Å². The first-order chi connectivity index (χ1) is 15.1. The van der Waals surface area contributed by atoms with Crippen LogP contribution >= 0.6 is 69.6 Å². The van der Waals surface area contributed by atoms with Gasteiger partial charge in [-0.15, -0.1) is 69.6 Å². The van der Waals surface area contributed by atoms with E-state index in [2.05, 4.69) is 20.3 Å². The predicted octanol–water partition coefficient (Wildman–Crippen LogP) is 6.48. The van der Waals surface area contributed by atoms with E-state index in [1.165, 1.54) is 44.9 Å². The molecule has 0 N–H and O–H groups in total. The summed E-state index contributed by atoms with van der Waals surface area (Å²) >= 11 is 35.3. The Kier molecular flexibility index (Phi) is 31.6. The Labute approximate surface area is 281 Å². The average molecular weight is 649 g/mol. The van der Waals surface area contributed by atoms with Gasteiger partial charge in [0.1, 0.15) is 0 Å². The van der Waals surface area contributed by atoms with Gasteiger partial charge in [0.15, 0.2) is 0 Å². The summed E-state index contributed by atoms with van der Waals surface area (Å²) in [6, 6.07) is 0. The van der Waals surface area contributed by atoms with E-state index in [0.29, 0.717) is 0 Å². The second-order valence-electron chi connectivity index (χ2n) is 7.55. The number of hydrogen-bond donors (Lipinski definition) is 0. The number of halogens is 6. The second-order valence-corrected chi connectivity index (χ2v) is 11.8. The molecule has 14 heteroatoms. The van der Waals surface area contributed by atoms with E-state index in [-0.39, 0.29) is 72.3 Å². The molecule has 0 aromatic heterocycles. The molecule has 0 radical (unpaired) electrons. The molecule has 0 amide bonds. The van der Waals surface area contributed by atoms with Crippen LogP contribution in [0.4, 0.5) is 0 Å². The molecule has 1 aliphatic carbocycles. The molecule has 1 rings (SSSR count). The average Bonchev–Trinajstić information content (AvgIpc) is 2.77. The number of unbranched alkanes of at least 4 members (excludes halogenated alkanes) is 9. The van der Waals surface area contributed by atoms with Crippen molar-refractivity contribution in [1.82, 2.24) is 0 Å². The van der Waals surface area contributed by atoms with E-state index in [0.717, 1.165) is 19.3 Å².